The summed E-state index contributed by atoms with van der Waals surface area (Å²) in [6.07, 6.45) is 1.98. The molecule has 1 aromatic rings. The van der Waals surface area contributed by atoms with Crippen LogP contribution in [0, 0.1) is 10.1 Å². The van der Waals surface area contributed by atoms with E-state index < -0.39 is 4.92 Å². The number of hydrogen-bond acceptors (Lipinski definition) is 7. The Morgan fingerprint density at radius 2 is 2.24 bits per heavy atom. The molecular weight excluding hydrogens is 278 g/mol. The zero-order valence-electron chi connectivity index (χ0n) is 12.0. The molecule has 21 heavy (non-hydrogen) atoms. The second kappa shape index (κ2) is 7.75. The number of ether oxygens (including phenoxy) is 3. The predicted molar refractivity (Wildman–Crippen MR) is 74.8 cm³/mol. The lowest BCUT2D eigenvalue weighted by Gasteiger charge is -2.26. The second-order valence-electron chi connectivity index (χ2n) is 4.61. The number of nitro groups is 1. The van der Waals surface area contributed by atoms with E-state index >= 15 is 0 Å². The third-order valence-corrected chi connectivity index (χ3v) is 3.19. The summed E-state index contributed by atoms with van der Waals surface area (Å²) in [5.41, 5.74) is -0.112. The van der Waals surface area contributed by atoms with Crippen molar-refractivity contribution in [1.82, 2.24) is 9.88 Å². The molecule has 8 nitrogen and oxygen atoms in total. The van der Waals surface area contributed by atoms with E-state index in [1.807, 2.05) is 0 Å². The van der Waals surface area contributed by atoms with E-state index in [1.165, 1.54) is 13.2 Å². The molecular formula is C13H19N3O5. The number of pyridine rings is 1. The highest BCUT2D eigenvalue weighted by molar-refractivity contribution is 5.42. The van der Waals surface area contributed by atoms with Crippen LogP contribution < -0.4 is 9.47 Å². The van der Waals surface area contributed by atoms with Gasteiger partial charge in [0.05, 0.1) is 37.9 Å². The van der Waals surface area contributed by atoms with Gasteiger partial charge in [0.25, 0.3) is 11.6 Å². The summed E-state index contributed by atoms with van der Waals surface area (Å²) in [6.45, 7) is 4.76. The Bertz CT molecular complexity index is 477. The quantitative estimate of drug-likeness (QED) is 0.423. The van der Waals surface area contributed by atoms with E-state index in [2.05, 4.69) is 9.88 Å². The Hall–Kier alpha value is -1.93. The molecule has 2 rings (SSSR count). The lowest BCUT2D eigenvalue weighted by Crippen LogP contribution is -2.37. The van der Waals surface area contributed by atoms with Crippen molar-refractivity contribution in [2.75, 3.05) is 46.6 Å². The molecule has 0 N–H and O–H groups in total. The Kier molecular flexibility index (Phi) is 5.70. The molecule has 1 fully saturated rings. The van der Waals surface area contributed by atoms with Crippen LogP contribution in [0.2, 0.25) is 0 Å². The maximum Gasteiger partial charge on any atom is 0.291 e. The Morgan fingerprint density at radius 1 is 1.48 bits per heavy atom. The minimum atomic E-state index is -0.507. The van der Waals surface area contributed by atoms with Crippen LogP contribution >= 0.6 is 0 Å². The summed E-state index contributed by atoms with van der Waals surface area (Å²) in [5, 5.41) is 10.7. The van der Waals surface area contributed by atoms with Crippen LogP contribution in [0.1, 0.15) is 6.42 Å². The van der Waals surface area contributed by atoms with Crippen LogP contribution in [-0.2, 0) is 4.74 Å². The van der Waals surface area contributed by atoms with E-state index in [0.29, 0.717) is 12.4 Å². The molecule has 0 spiro atoms. The molecule has 1 saturated heterocycles. The SMILES string of the molecule is COc1ncc([N+](=O)[O-])cc1OCCCN1CCOCC1. The number of aromatic nitrogens is 1. The maximum absolute atomic E-state index is 10.7. The average molecular weight is 297 g/mol. The first-order valence-electron chi connectivity index (χ1n) is 6.82. The van der Waals surface area contributed by atoms with Crippen LogP contribution in [0.4, 0.5) is 5.69 Å². The summed E-state index contributed by atoms with van der Waals surface area (Å²) >= 11 is 0. The molecule has 1 aromatic heterocycles. The molecule has 8 heteroatoms. The molecule has 0 saturated carbocycles. The van der Waals surface area contributed by atoms with Crippen LogP contribution in [-0.4, -0.2) is 61.4 Å². The van der Waals surface area contributed by atoms with Gasteiger partial charge in [0.15, 0.2) is 5.75 Å². The van der Waals surface area contributed by atoms with Gasteiger partial charge in [-0.25, -0.2) is 4.98 Å². The molecule has 0 unspecified atom stereocenters. The van der Waals surface area contributed by atoms with Crippen molar-refractivity contribution in [3.63, 3.8) is 0 Å². The van der Waals surface area contributed by atoms with E-state index in [9.17, 15) is 10.1 Å². The van der Waals surface area contributed by atoms with Crippen LogP contribution in [0.3, 0.4) is 0 Å². The second-order valence-corrected chi connectivity index (χ2v) is 4.61. The topological polar surface area (TPSA) is 87.0 Å². The molecule has 0 aliphatic carbocycles. The summed E-state index contributed by atoms with van der Waals surface area (Å²) in [6, 6.07) is 1.33. The predicted octanol–water partition coefficient (Wildman–Crippen LogP) is 1.10. The minimum absolute atomic E-state index is 0.112. The maximum atomic E-state index is 10.7. The number of methoxy groups -OCH3 is 1. The number of hydrogen-bond donors (Lipinski definition) is 0. The fourth-order valence-electron chi connectivity index (χ4n) is 2.07. The first kappa shape index (κ1) is 15.5. The summed E-state index contributed by atoms with van der Waals surface area (Å²) in [5.74, 6) is 0.556. The van der Waals surface area contributed by atoms with Gasteiger partial charge in [0.2, 0.25) is 0 Å². The van der Waals surface area contributed by atoms with Gasteiger partial charge in [-0.2, -0.15) is 0 Å². The van der Waals surface area contributed by atoms with E-state index in [0.717, 1.165) is 45.5 Å². The number of morpholine rings is 1. The van der Waals surface area contributed by atoms with Crippen LogP contribution in [0.5, 0.6) is 11.6 Å². The van der Waals surface area contributed by atoms with Crippen molar-refractivity contribution >= 4 is 5.69 Å². The molecule has 1 aliphatic heterocycles. The molecule has 0 radical (unpaired) electrons. The van der Waals surface area contributed by atoms with Crippen LogP contribution in [0.25, 0.3) is 0 Å². The lowest BCUT2D eigenvalue weighted by atomic mass is 10.3. The van der Waals surface area contributed by atoms with Gasteiger partial charge in [0.1, 0.15) is 6.20 Å². The number of nitrogens with zero attached hydrogens (tertiary/aromatic N) is 3. The lowest BCUT2D eigenvalue weighted by molar-refractivity contribution is -0.385. The van der Waals surface area contributed by atoms with Gasteiger partial charge >= 0.3 is 0 Å². The van der Waals surface area contributed by atoms with Gasteiger partial charge in [-0.3, -0.25) is 15.0 Å². The summed E-state index contributed by atoms with van der Waals surface area (Å²) < 4.78 is 15.9. The highest BCUT2D eigenvalue weighted by Gasteiger charge is 2.14. The van der Waals surface area contributed by atoms with Gasteiger partial charge in [0, 0.05) is 19.6 Å². The van der Waals surface area contributed by atoms with Crippen molar-refractivity contribution < 1.29 is 19.1 Å². The Morgan fingerprint density at radius 3 is 2.90 bits per heavy atom. The van der Waals surface area contributed by atoms with Crippen molar-refractivity contribution in [3.8, 4) is 11.6 Å². The zero-order valence-corrected chi connectivity index (χ0v) is 12.0. The Labute approximate surface area is 122 Å². The van der Waals surface area contributed by atoms with Gasteiger partial charge < -0.3 is 14.2 Å². The average Bonchev–Trinajstić information content (AvgIpc) is 2.52. The summed E-state index contributed by atoms with van der Waals surface area (Å²) in [7, 11) is 1.45. The minimum Gasteiger partial charge on any atom is -0.488 e. The summed E-state index contributed by atoms with van der Waals surface area (Å²) in [4.78, 5) is 16.4. The third kappa shape index (κ3) is 4.54. The number of rotatable bonds is 7. The van der Waals surface area contributed by atoms with Gasteiger partial charge in [-0.1, -0.05) is 0 Å². The first-order valence-corrected chi connectivity index (χ1v) is 6.82. The molecule has 0 amide bonds. The van der Waals surface area contributed by atoms with Crippen molar-refractivity contribution in [2.45, 2.75) is 6.42 Å². The van der Waals surface area contributed by atoms with Gasteiger partial charge in [-0.05, 0) is 6.42 Å². The van der Waals surface area contributed by atoms with Crippen LogP contribution in [0.15, 0.2) is 12.3 Å². The fourth-order valence-corrected chi connectivity index (χ4v) is 2.07. The van der Waals surface area contributed by atoms with E-state index in [1.54, 1.807) is 0 Å². The van der Waals surface area contributed by atoms with Crippen molar-refractivity contribution in [3.05, 3.63) is 22.4 Å². The van der Waals surface area contributed by atoms with Crippen molar-refractivity contribution in [1.29, 1.82) is 0 Å². The first-order chi connectivity index (χ1) is 10.2. The monoisotopic (exact) mass is 297 g/mol. The zero-order chi connectivity index (χ0) is 15.1. The Balaban J connectivity index is 1.83. The normalized spacial score (nSPS) is 15.7. The smallest absolute Gasteiger partial charge is 0.291 e. The molecule has 0 atom stereocenters. The third-order valence-electron chi connectivity index (χ3n) is 3.19. The molecule has 2 heterocycles. The highest BCUT2D eigenvalue weighted by Crippen LogP contribution is 2.28. The molecule has 1 aliphatic rings. The largest absolute Gasteiger partial charge is 0.488 e. The van der Waals surface area contributed by atoms with Gasteiger partial charge in [-0.15, -0.1) is 0 Å². The molecule has 116 valence electrons. The molecule has 0 bridgehead atoms. The fraction of sp³-hybridized carbons (Fsp3) is 0.615. The highest BCUT2D eigenvalue weighted by atomic mass is 16.6. The van der Waals surface area contributed by atoms with E-state index in [-0.39, 0.29) is 11.6 Å². The molecule has 0 aromatic carbocycles. The van der Waals surface area contributed by atoms with E-state index in [4.69, 9.17) is 14.2 Å². The van der Waals surface area contributed by atoms with Crippen molar-refractivity contribution in [2.24, 2.45) is 0 Å². The standard InChI is InChI=1S/C13H19N3O5/c1-19-13-12(9-11(10-14-13)16(17)18)21-6-2-3-15-4-7-20-8-5-15/h9-10H,2-8H2,1H3.